The van der Waals surface area contributed by atoms with Crippen molar-refractivity contribution in [3.63, 3.8) is 0 Å². The average Bonchev–Trinajstić information content (AvgIpc) is 2.05. The topological polar surface area (TPSA) is 34.1 Å². The van der Waals surface area contributed by atoms with E-state index < -0.39 is 0 Å². The first-order chi connectivity index (χ1) is 6.42. The number of nitrogens with one attached hydrogen (secondary N) is 1. The van der Waals surface area contributed by atoms with Gasteiger partial charge in [-0.1, -0.05) is 6.07 Å². The SMILES string of the molecule is CCOc1ncccc1C1CCN1. The van der Waals surface area contributed by atoms with E-state index in [1.165, 1.54) is 12.0 Å². The molecule has 1 aliphatic heterocycles. The number of aromatic nitrogens is 1. The molecular formula is C10H14N2O. The molecule has 2 rings (SSSR count). The van der Waals surface area contributed by atoms with Crippen LogP contribution in [0.1, 0.15) is 24.9 Å². The molecule has 1 unspecified atom stereocenters. The highest BCUT2D eigenvalue weighted by Crippen LogP contribution is 2.28. The minimum Gasteiger partial charge on any atom is -0.478 e. The normalized spacial score (nSPS) is 20.8. The van der Waals surface area contributed by atoms with Gasteiger partial charge in [0.2, 0.25) is 5.88 Å². The van der Waals surface area contributed by atoms with Gasteiger partial charge in [0.1, 0.15) is 0 Å². The zero-order valence-electron chi connectivity index (χ0n) is 7.79. The molecule has 3 nitrogen and oxygen atoms in total. The van der Waals surface area contributed by atoms with Crippen LogP contribution in [0.15, 0.2) is 18.3 Å². The molecule has 0 saturated carbocycles. The summed E-state index contributed by atoms with van der Waals surface area (Å²) < 4.78 is 5.44. The molecule has 13 heavy (non-hydrogen) atoms. The third-order valence-electron chi connectivity index (χ3n) is 2.28. The van der Waals surface area contributed by atoms with Crippen molar-refractivity contribution in [2.24, 2.45) is 0 Å². The molecule has 1 saturated heterocycles. The Labute approximate surface area is 78.1 Å². The molecule has 0 aliphatic carbocycles. The lowest BCUT2D eigenvalue weighted by atomic mass is 9.99. The summed E-state index contributed by atoms with van der Waals surface area (Å²) in [6.07, 6.45) is 2.96. The van der Waals surface area contributed by atoms with Gasteiger partial charge in [0.25, 0.3) is 0 Å². The first-order valence-corrected chi connectivity index (χ1v) is 4.73. The van der Waals surface area contributed by atoms with E-state index in [0.29, 0.717) is 12.6 Å². The zero-order valence-corrected chi connectivity index (χ0v) is 7.79. The van der Waals surface area contributed by atoms with E-state index in [9.17, 15) is 0 Å². The number of ether oxygens (including phenoxy) is 1. The van der Waals surface area contributed by atoms with Crippen molar-refractivity contribution in [1.82, 2.24) is 10.3 Å². The minimum absolute atomic E-state index is 0.454. The van der Waals surface area contributed by atoms with Crippen LogP contribution in [-0.4, -0.2) is 18.1 Å². The predicted molar refractivity (Wildman–Crippen MR) is 50.8 cm³/mol. The van der Waals surface area contributed by atoms with Crippen molar-refractivity contribution in [2.75, 3.05) is 13.2 Å². The summed E-state index contributed by atoms with van der Waals surface area (Å²) in [7, 11) is 0. The van der Waals surface area contributed by atoms with Crippen molar-refractivity contribution in [1.29, 1.82) is 0 Å². The Hall–Kier alpha value is -1.09. The number of pyridine rings is 1. The molecule has 1 N–H and O–H groups in total. The summed E-state index contributed by atoms with van der Waals surface area (Å²) >= 11 is 0. The maximum Gasteiger partial charge on any atom is 0.218 e. The highest BCUT2D eigenvalue weighted by atomic mass is 16.5. The van der Waals surface area contributed by atoms with Gasteiger partial charge in [-0.05, 0) is 26.0 Å². The Bertz CT molecular complexity index is 284. The fourth-order valence-electron chi connectivity index (χ4n) is 1.48. The van der Waals surface area contributed by atoms with Gasteiger partial charge >= 0.3 is 0 Å². The van der Waals surface area contributed by atoms with E-state index in [-0.39, 0.29) is 0 Å². The van der Waals surface area contributed by atoms with Crippen LogP contribution in [0.3, 0.4) is 0 Å². The number of hydrogen-bond donors (Lipinski definition) is 1. The third kappa shape index (κ3) is 1.65. The van der Waals surface area contributed by atoms with Crippen molar-refractivity contribution < 1.29 is 4.74 Å². The van der Waals surface area contributed by atoms with Crippen LogP contribution in [0.2, 0.25) is 0 Å². The molecule has 0 amide bonds. The molecule has 1 fully saturated rings. The van der Waals surface area contributed by atoms with E-state index in [4.69, 9.17) is 4.74 Å². The highest BCUT2D eigenvalue weighted by molar-refractivity contribution is 5.30. The first kappa shape index (κ1) is 8.51. The van der Waals surface area contributed by atoms with E-state index in [0.717, 1.165) is 12.4 Å². The minimum atomic E-state index is 0.454. The Morgan fingerprint density at radius 2 is 2.54 bits per heavy atom. The van der Waals surface area contributed by atoms with Crippen LogP contribution in [0.4, 0.5) is 0 Å². The molecule has 1 aromatic heterocycles. The molecule has 1 aliphatic rings. The van der Waals surface area contributed by atoms with Gasteiger partial charge in [-0.2, -0.15) is 0 Å². The Morgan fingerprint density at radius 3 is 3.15 bits per heavy atom. The third-order valence-corrected chi connectivity index (χ3v) is 2.28. The lowest BCUT2D eigenvalue weighted by molar-refractivity contribution is 0.304. The van der Waals surface area contributed by atoms with Crippen LogP contribution < -0.4 is 10.1 Å². The van der Waals surface area contributed by atoms with Crippen LogP contribution in [-0.2, 0) is 0 Å². The van der Waals surface area contributed by atoms with Gasteiger partial charge < -0.3 is 10.1 Å². The van der Waals surface area contributed by atoms with E-state index in [1.54, 1.807) is 6.20 Å². The molecule has 70 valence electrons. The molecule has 2 heterocycles. The summed E-state index contributed by atoms with van der Waals surface area (Å²) in [4.78, 5) is 4.21. The van der Waals surface area contributed by atoms with Gasteiger partial charge in [-0.25, -0.2) is 4.98 Å². The zero-order chi connectivity index (χ0) is 9.10. The second-order valence-electron chi connectivity index (χ2n) is 3.13. The van der Waals surface area contributed by atoms with Gasteiger partial charge in [-0.15, -0.1) is 0 Å². The lowest BCUT2D eigenvalue weighted by Gasteiger charge is -2.28. The fraction of sp³-hybridized carbons (Fsp3) is 0.500. The molecule has 0 radical (unpaired) electrons. The van der Waals surface area contributed by atoms with Gasteiger partial charge in [0.15, 0.2) is 0 Å². The predicted octanol–water partition coefficient (Wildman–Crippen LogP) is 1.51. The molecule has 0 aromatic carbocycles. The molecule has 1 atom stereocenters. The molecule has 3 heteroatoms. The molecule has 1 aromatic rings. The molecular weight excluding hydrogens is 164 g/mol. The van der Waals surface area contributed by atoms with Gasteiger partial charge in [0.05, 0.1) is 6.61 Å². The molecule has 0 bridgehead atoms. The maximum absolute atomic E-state index is 5.44. The fourth-order valence-corrected chi connectivity index (χ4v) is 1.48. The van der Waals surface area contributed by atoms with E-state index in [1.807, 2.05) is 13.0 Å². The summed E-state index contributed by atoms with van der Waals surface area (Å²) in [6.45, 7) is 3.76. The van der Waals surface area contributed by atoms with Crippen molar-refractivity contribution in [3.8, 4) is 5.88 Å². The smallest absolute Gasteiger partial charge is 0.218 e. The van der Waals surface area contributed by atoms with Crippen LogP contribution >= 0.6 is 0 Å². The largest absolute Gasteiger partial charge is 0.478 e. The maximum atomic E-state index is 5.44. The first-order valence-electron chi connectivity index (χ1n) is 4.73. The Balaban J connectivity index is 2.20. The van der Waals surface area contributed by atoms with Gasteiger partial charge in [0, 0.05) is 17.8 Å². The number of nitrogens with zero attached hydrogens (tertiary/aromatic N) is 1. The quantitative estimate of drug-likeness (QED) is 0.762. The highest BCUT2D eigenvalue weighted by Gasteiger charge is 2.22. The van der Waals surface area contributed by atoms with Crippen LogP contribution in [0.25, 0.3) is 0 Å². The lowest BCUT2D eigenvalue weighted by Crippen LogP contribution is -2.35. The van der Waals surface area contributed by atoms with Crippen molar-refractivity contribution in [2.45, 2.75) is 19.4 Å². The second kappa shape index (κ2) is 3.75. The van der Waals surface area contributed by atoms with Crippen LogP contribution in [0.5, 0.6) is 5.88 Å². The molecule has 0 spiro atoms. The van der Waals surface area contributed by atoms with Crippen molar-refractivity contribution >= 4 is 0 Å². The summed E-state index contributed by atoms with van der Waals surface area (Å²) in [5.41, 5.74) is 1.19. The Morgan fingerprint density at radius 1 is 1.69 bits per heavy atom. The van der Waals surface area contributed by atoms with Crippen molar-refractivity contribution in [3.05, 3.63) is 23.9 Å². The second-order valence-corrected chi connectivity index (χ2v) is 3.13. The van der Waals surface area contributed by atoms with E-state index >= 15 is 0 Å². The number of hydrogen-bond acceptors (Lipinski definition) is 3. The van der Waals surface area contributed by atoms with E-state index in [2.05, 4.69) is 16.4 Å². The summed E-state index contributed by atoms with van der Waals surface area (Å²) in [5, 5.41) is 3.34. The number of rotatable bonds is 3. The van der Waals surface area contributed by atoms with Gasteiger partial charge in [-0.3, -0.25) is 0 Å². The monoisotopic (exact) mass is 178 g/mol. The average molecular weight is 178 g/mol. The standard InChI is InChI=1S/C10H14N2O/c1-2-13-10-8(4-3-6-12-10)9-5-7-11-9/h3-4,6,9,11H,2,5,7H2,1H3. The Kier molecular flexibility index (Phi) is 2.45. The van der Waals surface area contributed by atoms with Crippen LogP contribution in [0, 0.1) is 0 Å². The summed E-state index contributed by atoms with van der Waals surface area (Å²) in [5.74, 6) is 0.780. The summed E-state index contributed by atoms with van der Waals surface area (Å²) in [6, 6.07) is 4.49.